The lowest BCUT2D eigenvalue weighted by atomic mass is 10.2. The van der Waals surface area contributed by atoms with Crippen LogP contribution >= 0.6 is 0 Å². The third kappa shape index (κ3) is 1.91. The maximum Gasteiger partial charge on any atom is 0.238 e. The van der Waals surface area contributed by atoms with Crippen molar-refractivity contribution in [1.29, 1.82) is 0 Å². The Balaban J connectivity index is 1.93. The minimum atomic E-state index is 0.303. The minimum absolute atomic E-state index is 0.303. The predicted octanol–water partition coefficient (Wildman–Crippen LogP) is 0.193. The molecule has 4 nitrogen and oxygen atoms in total. The van der Waals surface area contributed by atoms with E-state index in [2.05, 4.69) is 11.9 Å². The molecule has 1 aliphatic carbocycles. The van der Waals surface area contributed by atoms with Crippen molar-refractivity contribution in [2.45, 2.75) is 32.2 Å². The van der Waals surface area contributed by atoms with Crippen LogP contribution in [0.1, 0.15) is 26.2 Å². The molecule has 2 fully saturated rings. The summed E-state index contributed by atoms with van der Waals surface area (Å²) in [4.78, 5) is 11.6. The highest BCUT2D eigenvalue weighted by atomic mass is 16.2. The maximum atomic E-state index is 11.6. The molecular formula is C10H19N3O. The van der Waals surface area contributed by atoms with Gasteiger partial charge in [-0.05, 0) is 25.3 Å². The van der Waals surface area contributed by atoms with Crippen molar-refractivity contribution >= 4 is 5.91 Å². The smallest absolute Gasteiger partial charge is 0.238 e. The summed E-state index contributed by atoms with van der Waals surface area (Å²) in [6, 6.07) is 0.509. The Morgan fingerprint density at radius 3 is 2.86 bits per heavy atom. The van der Waals surface area contributed by atoms with Crippen LogP contribution in [0.3, 0.4) is 0 Å². The molecule has 1 saturated heterocycles. The molecule has 0 aromatic carbocycles. The van der Waals surface area contributed by atoms with Crippen molar-refractivity contribution in [2.24, 2.45) is 11.7 Å². The fourth-order valence-electron chi connectivity index (χ4n) is 1.97. The molecule has 0 aromatic rings. The first-order chi connectivity index (χ1) is 6.72. The van der Waals surface area contributed by atoms with Crippen LogP contribution in [0.15, 0.2) is 0 Å². The van der Waals surface area contributed by atoms with E-state index in [4.69, 9.17) is 5.73 Å². The maximum absolute atomic E-state index is 11.6. The van der Waals surface area contributed by atoms with Crippen LogP contribution in [-0.4, -0.2) is 41.6 Å². The van der Waals surface area contributed by atoms with Gasteiger partial charge in [-0.15, -0.1) is 0 Å². The van der Waals surface area contributed by atoms with E-state index in [9.17, 15) is 4.79 Å². The van der Waals surface area contributed by atoms with Gasteiger partial charge in [0.15, 0.2) is 0 Å². The zero-order valence-corrected chi connectivity index (χ0v) is 8.78. The number of hydrogen-bond donors (Lipinski definition) is 1. The highest BCUT2D eigenvalue weighted by Crippen LogP contribution is 2.31. The molecule has 14 heavy (non-hydrogen) atoms. The molecule has 80 valence electrons. The van der Waals surface area contributed by atoms with Gasteiger partial charge < -0.3 is 5.73 Å². The van der Waals surface area contributed by atoms with Crippen LogP contribution in [0.25, 0.3) is 0 Å². The van der Waals surface area contributed by atoms with E-state index >= 15 is 0 Å². The van der Waals surface area contributed by atoms with Gasteiger partial charge in [-0.3, -0.25) is 9.80 Å². The van der Waals surface area contributed by atoms with Crippen molar-refractivity contribution in [3.8, 4) is 0 Å². The fourth-order valence-corrected chi connectivity index (χ4v) is 1.97. The zero-order valence-electron chi connectivity index (χ0n) is 8.78. The number of nitrogens with two attached hydrogens (primary N) is 1. The van der Waals surface area contributed by atoms with E-state index in [0.717, 1.165) is 13.1 Å². The molecule has 0 spiro atoms. The monoisotopic (exact) mass is 197 g/mol. The van der Waals surface area contributed by atoms with E-state index in [1.54, 1.807) is 0 Å². The molecular weight excluding hydrogens is 178 g/mol. The lowest BCUT2D eigenvalue weighted by Crippen LogP contribution is -2.43. The van der Waals surface area contributed by atoms with Gasteiger partial charge in [0, 0.05) is 25.6 Å². The third-order valence-corrected chi connectivity index (χ3v) is 2.96. The molecule has 0 bridgehead atoms. The number of hydrogen-bond acceptors (Lipinski definition) is 3. The van der Waals surface area contributed by atoms with Crippen LogP contribution in [0.4, 0.5) is 0 Å². The van der Waals surface area contributed by atoms with E-state index in [0.29, 0.717) is 30.8 Å². The molecule has 1 unspecified atom stereocenters. The van der Waals surface area contributed by atoms with Crippen molar-refractivity contribution in [3.63, 3.8) is 0 Å². The van der Waals surface area contributed by atoms with Crippen molar-refractivity contribution in [1.82, 2.24) is 10.0 Å². The van der Waals surface area contributed by atoms with E-state index in [-0.39, 0.29) is 0 Å². The third-order valence-electron chi connectivity index (χ3n) is 2.96. The van der Waals surface area contributed by atoms with Crippen LogP contribution < -0.4 is 5.73 Å². The van der Waals surface area contributed by atoms with E-state index in [1.807, 2.05) is 5.01 Å². The van der Waals surface area contributed by atoms with Gasteiger partial charge in [-0.1, -0.05) is 6.92 Å². The highest BCUT2D eigenvalue weighted by molar-refractivity contribution is 5.78. The summed E-state index contributed by atoms with van der Waals surface area (Å²) in [6.45, 7) is 4.65. The van der Waals surface area contributed by atoms with Gasteiger partial charge in [0.25, 0.3) is 0 Å². The van der Waals surface area contributed by atoms with Gasteiger partial charge in [-0.25, -0.2) is 5.01 Å². The Labute approximate surface area is 85.0 Å². The first-order valence-electron chi connectivity index (χ1n) is 5.49. The second kappa shape index (κ2) is 3.87. The van der Waals surface area contributed by atoms with Crippen molar-refractivity contribution in [3.05, 3.63) is 0 Å². The number of carbonyl (C=O) groups excluding carboxylic acids is 1. The Morgan fingerprint density at radius 1 is 1.57 bits per heavy atom. The SMILES string of the molecule is CC(CN)CN1CCC(=O)N1C1CC1. The van der Waals surface area contributed by atoms with Gasteiger partial charge in [0.1, 0.15) is 0 Å². The Morgan fingerprint density at radius 2 is 2.29 bits per heavy atom. The lowest BCUT2D eigenvalue weighted by Gasteiger charge is -2.29. The summed E-state index contributed by atoms with van der Waals surface area (Å²) in [6.07, 6.45) is 3.05. The Hall–Kier alpha value is -0.610. The molecule has 4 heteroatoms. The molecule has 0 radical (unpaired) electrons. The molecule has 1 saturated carbocycles. The molecule has 2 N–H and O–H groups in total. The van der Waals surface area contributed by atoms with E-state index in [1.165, 1.54) is 12.8 Å². The first kappa shape index (κ1) is 9.93. The van der Waals surface area contributed by atoms with Gasteiger partial charge in [-0.2, -0.15) is 0 Å². The highest BCUT2D eigenvalue weighted by Gasteiger charge is 2.40. The molecule has 0 aromatic heterocycles. The predicted molar refractivity (Wildman–Crippen MR) is 54.3 cm³/mol. The summed E-state index contributed by atoms with van der Waals surface area (Å²) < 4.78 is 0. The van der Waals surface area contributed by atoms with Gasteiger partial charge in [0.2, 0.25) is 5.91 Å². The number of rotatable bonds is 4. The number of carbonyl (C=O) groups is 1. The quantitative estimate of drug-likeness (QED) is 0.700. The number of nitrogens with zero attached hydrogens (tertiary/aromatic N) is 2. The van der Waals surface area contributed by atoms with Crippen LogP contribution in [0.5, 0.6) is 0 Å². The second-order valence-electron chi connectivity index (χ2n) is 4.47. The molecule has 1 atom stereocenters. The number of amides is 1. The molecule has 2 rings (SSSR count). The van der Waals surface area contributed by atoms with Crippen LogP contribution in [-0.2, 0) is 4.79 Å². The molecule has 1 amide bonds. The standard InChI is InChI=1S/C10H19N3O/c1-8(6-11)7-12-5-4-10(14)13(12)9-2-3-9/h8-9H,2-7,11H2,1H3. The van der Waals surface area contributed by atoms with Gasteiger partial charge in [0.05, 0.1) is 0 Å². The topological polar surface area (TPSA) is 49.6 Å². The summed E-state index contributed by atoms with van der Waals surface area (Å²) in [5.74, 6) is 0.777. The largest absolute Gasteiger partial charge is 0.330 e. The lowest BCUT2D eigenvalue weighted by molar-refractivity contribution is -0.139. The first-order valence-corrected chi connectivity index (χ1v) is 5.49. The van der Waals surface area contributed by atoms with Crippen molar-refractivity contribution < 1.29 is 4.79 Å². The Kier molecular flexibility index (Phi) is 2.74. The second-order valence-corrected chi connectivity index (χ2v) is 4.47. The average molecular weight is 197 g/mol. The fraction of sp³-hybridized carbons (Fsp3) is 0.900. The van der Waals surface area contributed by atoms with E-state index < -0.39 is 0 Å². The van der Waals surface area contributed by atoms with Gasteiger partial charge >= 0.3 is 0 Å². The Bertz CT molecular complexity index is 227. The van der Waals surface area contributed by atoms with Crippen molar-refractivity contribution in [2.75, 3.05) is 19.6 Å². The molecule has 1 aliphatic heterocycles. The molecule has 1 heterocycles. The summed E-state index contributed by atoms with van der Waals surface area (Å²) in [5.41, 5.74) is 5.59. The summed E-state index contributed by atoms with van der Waals surface area (Å²) in [7, 11) is 0. The molecule has 2 aliphatic rings. The van der Waals surface area contributed by atoms with Crippen LogP contribution in [0.2, 0.25) is 0 Å². The number of hydrazine groups is 1. The van der Waals surface area contributed by atoms with Crippen LogP contribution in [0, 0.1) is 5.92 Å². The minimum Gasteiger partial charge on any atom is -0.330 e. The average Bonchev–Trinajstić information content (AvgIpc) is 2.93. The summed E-state index contributed by atoms with van der Waals surface area (Å²) in [5, 5.41) is 4.17. The zero-order chi connectivity index (χ0) is 10.1. The normalized spacial score (nSPS) is 25.9. The summed E-state index contributed by atoms with van der Waals surface area (Å²) >= 11 is 0.